The summed E-state index contributed by atoms with van der Waals surface area (Å²) in [5.74, 6) is -0.790. The quantitative estimate of drug-likeness (QED) is 0.743. The molecule has 1 aromatic carbocycles. The van der Waals surface area contributed by atoms with Crippen molar-refractivity contribution in [2.24, 2.45) is 0 Å². The number of nitrogens with zero attached hydrogens (tertiary/aromatic N) is 3. The number of rotatable bonds is 4. The van der Waals surface area contributed by atoms with Crippen LogP contribution in [0.15, 0.2) is 55.0 Å². The fourth-order valence-electron chi connectivity index (χ4n) is 2.84. The third kappa shape index (κ3) is 3.71. The van der Waals surface area contributed by atoms with E-state index >= 15 is 0 Å². The van der Waals surface area contributed by atoms with Crippen molar-refractivity contribution >= 4 is 28.2 Å². The van der Waals surface area contributed by atoms with Gasteiger partial charge in [-0.05, 0) is 23.8 Å². The minimum Gasteiger partial charge on any atom is -0.324 e. The van der Waals surface area contributed by atoms with Crippen molar-refractivity contribution in [3.8, 4) is 11.3 Å². The molecule has 3 aromatic rings. The SMILES string of the molecule is O=C(Cc1ccc(-c2cnc3c(n2)C(Cl)=CC3)cc1F)Nc1cccnc1. The summed E-state index contributed by atoms with van der Waals surface area (Å²) in [5, 5.41) is 3.24. The first-order valence-corrected chi connectivity index (χ1v) is 8.68. The monoisotopic (exact) mass is 380 g/mol. The van der Waals surface area contributed by atoms with Gasteiger partial charge >= 0.3 is 0 Å². The lowest BCUT2D eigenvalue weighted by atomic mass is 10.1. The van der Waals surface area contributed by atoms with E-state index in [0.29, 0.717) is 39.7 Å². The smallest absolute Gasteiger partial charge is 0.228 e. The molecule has 1 N–H and O–H groups in total. The van der Waals surface area contributed by atoms with E-state index in [9.17, 15) is 9.18 Å². The molecule has 2 heterocycles. The van der Waals surface area contributed by atoms with Crippen molar-refractivity contribution in [1.29, 1.82) is 0 Å². The summed E-state index contributed by atoms with van der Waals surface area (Å²) in [6.07, 6.45) is 7.17. The zero-order valence-electron chi connectivity index (χ0n) is 14.1. The molecule has 0 saturated carbocycles. The zero-order valence-corrected chi connectivity index (χ0v) is 14.9. The van der Waals surface area contributed by atoms with Crippen LogP contribution in [-0.4, -0.2) is 20.9 Å². The van der Waals surface area contributed by atoms with E-state index in [4.69, 9.17) is 11.6 Å². The summed E-state index contributed by atoms with van der Waals surface area (Å²) in [4.78, 5) is 24.8. The summed E-state index contributed by atoms with van der Waals surface area (Å²) in [7, 11) is 0. The van der Waals surface area contributed by atoms with Gasteiger partial charge in [0.2, 0.25) is 5.91 Å². The topological polar surface area (TPSA) is 67.8 Å². The summed E-state index contributed by atoms with van der Waals surface area (Å²) in [6.45, 7) is 0. The molecule has 0 radical (unpaired) electrons. The van der Waals surface area contributed by atoms with Crippen molar-refractivity contribution in [1.82, 2.24) is 15.0 Å². The molecule has 0 spiro atoms. The molecular weight excluding hydrogens is 367 g/mol. The number of hydrogen-bond acceptors (Lipinski definition) is 4. The summed E-state index contributed by atoms with van der Waals surface area (Å²) in [5.41, 5.74) is 3.43. The van der Waals surface area contributed by atoms with Gasteiger partial charge in [-0.25, -0.2) is 9.37 Å². The predicted octanol–water partition coefficient (Wildman–Crippen LogP) is 3.99. The van der Waals surface area contributed by atoms with Crippen LogP contribution in [0.3, 0.4) is 0 Å². The van der Waals surface area contributed by atoms with Crippen molar-refractivity contribution < 1.29 is 9.18 Å². The Morgan fingerprint density at radius 2 is 2.15 bits per heavy atom. The van der Waals surface area contributed by atoms with Gasteiger partial charge in [-0.1, -0.05) is 29.8 Å². The Balaban J connectivity index is 1.52. The van der Waals surface area contributed by atoms with Crippen molar-refractivity contribution in [2.45, 2.75) is 12.8 Å². The molecule has 1 amide bonds. The fourth-order valence-corrected chi connectivity index (χ4v) is 3.07. The number of nitrogens with one attached hydrogen (secondary N) is 1. The molecule has 0 fully saturated rings. The molecule has 4 rings (SSSR count). The number of carbonyl (C=O) groups excluding carboxylic acids is 1. The minimum absolute atomic E-state index is 0.0779. The molecule has 0 aliphatic heterocycles. The standard InChI is InChI=1S/C20H14ClFN4O/c21-15-5-6-17-20(15)26-18(11-24-17)13-4-3-12(16(22)8-13)9-19(27)25-14-2-1-7-23-10-14/h1-5,7-8,10-11H,6,9H2,(H,25,27). The number of anilines is 1. The van der Waals surface area contributed by atoms with Gasteiger partial charge in [0.1, 0.15) is 11.5 Å². The lowest BCUT2D eigenvalue weighted by Crippen LogP contribution is -2.15. The molecule has 0 bridgehead atoms. The molecule has 2 aromatic heterocycles. The number of carbonyl (C=O) groups is 1. The van der Waals surface area contributed by atoms with E-state index in [-0.39, 0.29) is 12.3 Å². The highest BCUT2D eigenvalue weighted by molar-refractivity contribution is 6.49. The number of pyridine rings is 1. The number of fused-ring (bicyclic) bond motifs is 1. The van der Waals surface area contributed by atoms with Crippen LogP contribution in [-0.2, 0) is 17.6 Å². The van der Waals surface area contributed by atoms with Gasteiger partial charge in [-0.2, -0.15) is 0 Å². The maximum absolute atomic E-state index is 14.5. The lowest BCUT2D eigenvalue weighted by molar-refractivity contribution is -0.115. The van der Waals surface area contributed by atoms with E-state index in [1.165, 1.54) is 12.3 Å². The van der Waals surface area contributed by atoms with Gasteiger partial charge < -0.3 is 5.32 Å². The van der Waals surface area contributed by atoms with Crippen molar-refractivity contribution in [3.05, 3.63) is 77.8 Å². The van der Waals surface area contributed by atoms with Crippen LogP contribution in [0.2, 0.25) is 0 Å². The van der Waals surface area contributed by atoms with Gasteiger partial charge in [-0.3, -0.25) is 14.8 Å². The Labute approximate surface area is 160 Å². The van der Waals surface area contributed by atoms with Crippen LogP contribution >= 0.6 is 11.6 Å². The minimum atomic E-state index is -0.474. The van der Waals surface area contributed by atoms with E-state index in [1.807, 2.05) is 6.08 Å². The average Bonchev–Trinajstić information content (AvgIpc) is 3.04. The van der Waals surface area contributed by atoms with E-state index in [0.717, 1.165) is 5.69 Å². The number of aromatic nitrogens is 3. The second-order valence-corrected chi connectivity index (χ2v) is 6.49. The highest BCUT2D eigenvalue weighted by atomic mass is 35.5. The van der Waals surface area contributed by atoms with Crippen LogP contribution in [0.25, 0.3) is 16.3 Å². The first kappa shape index (κ1) is 17.3. The van der Waals surface area contributed by atoms with Gasteiger partial charge in [0.25, 0.3) is 0 Å². The van der Waals surface area contributed by atoms with Gasteiger partial charge in [-0.15, -0.1) is 0 Å². The number of halogens is 2. The fraction of sp³-hybridized carbons (Fsp3) is 0.100. The van der Waals surface area contributed by atoms with Crippen LogP contribution < -0.4 is 5.32 Å². The highest BCUT2D eigenvalue weighted by Gasteiger charge is 2.17. The Morgan fingerprint density at radius 3 is 2.93 bits per heavy atom. The second-order valence-electron chi connectivity index (χ2n) is 6.08. The molecule has 0 unspecified atom stereocenters. The van der Waals surface area contributed by atoms with E-state index < -0.39 is 5.82 Å². The largest absolute Gasteiger partial charge is 0.324 e. The lowest BCUT2D eigenvalue weighted by Gasteiger charge is -2.08. The maximum Gasteiger partial charge on any atom is 0.228 e. The molecule has 134 valence electrons. The Kier molecular flexibility index (Phi) is 4.64. The normalized spacial score (nSPS) is 12.4. The van der Waals surface area contributed by atoms with Crippen LogP contribution in [0.4, 0.5) is 10.1 Å². The van der Waals surface area contributed by atoms with E-state index in [1.54, 1.807) is 36.7 Å². The number of amides is 1. The Morgan fingerprint density at radius 1 is 1.26 bits per heavy atom. The van der Waals surface area contributed by atoms with Crippen molar-refractivity contribution in [2.75, 3.05) is 5.32 Å². The van der Waals surface area contributed by atoms with Crippen LogP contribution in [0.5, 0.6) is 0 Å². The molecule has 1 aliphatic carbocycles. The van der Waals surface area contributed by atoms with Gasteiger partial charge in [0, 0.05) is 18.2 Å². The predicted molar refractivity (Wildman–Crippen MR) is 102 cm³/mol. The number of benzene rings is 1. The molecule has 0 atom stereocenters. The first-order valence-electron chi connectivity index (χ1n) is 8.31. The molecule has 5 nitrogen and oxygen atoms in total. The molecule has 1 aliphatic rings. The number of allylic oxidation sites excluding steroid dienone is 1. The summed E-state index contributed by atoms with van der Waals surface area (Å²) < 4.78 is 14.5. The molecular formula is C20H14ClFN4O. The number of hydrogen-bond donors (Lipinski definition) is 1. The maximum atomic E-state index is 14.5. The average molecular weight is 381 g/mol. The Hall–Kier alpha value is -3.12. The summed E-state index contributed by atoms with van der Waals surface area (Å²) >= 11 is 6.12. The van der Waals surface area contributed by atoms with Gasteiger partial charge in [0.15, 0.2) is 0 Å². The van der Waals surface area contributed by atoms with Crippen LogP contribution in [0, 0.1) is 5.82 Å². The Bertz CT molecular complexity index is 1050. The first-order chi connectivity index (χ1) is 13.1. The van der Waals surface area contributed by atoms with E-state index in [2.05, 4.69) is 20.3 Å². The van der Waals surface area contributed by atoms with Gasteiger partial charge in [0.05, 0.1) is 40.9 Å². The zero-order chi connectivity index (χ0) is 18.8. The third-order valence-electron chi connectivity index (χ3n) is 4.19. The molecule has 7 heteroatoms. The highest BCUT2D eigenvalue weighted by Crippen LogP contribution is 2.29. The molecule has 0 saturated heterocycles. The third-order valence-corrected chi connectivity index (χ3v) is 4.53. The molecule has 27 heavy (non-hydrogen) atoms. The van der Waals surface area contributed by atoms with Crippen LogP contribution in [0.1, 0.15) is 17.0 Å². The second kappa shape index (κ2) is 7.25. The van der Waals surface area contributed by atoms with Crippen molar-refractivity contribution in [3.63, 3.8) is 0 Å². The summed E-state index contributed by atoms with van der Waals surface area (Å²) in [6, 6.07) is 8.09.